The molecule has 0 aromatic heterocycles. The van der Waals surface area contributed by atoms with Gasteiger partial charge in [0.25, 0.3) is 5.91 Å². The van der Waals surface area contributed by atoms with E-state index in [2.05, 4.69) is 5.32 Å². The minimum Gasteiger partial charge on any atom is -0.396 e. The first-order valence-electron chi connectivity index (χ1n) is 6.20. The number of aliphatic hydroxyl groups excluding tert-OH is 1. The lowest BCUT2D eigenvalue weighted by Crippen LogP contribution is -2.26. The number of carbonyl (C=O) groups is 1. The van der Waals surface area contributed by atoms with Crippen LogP contribution in [0.3, 0.4) is 0 Å². The summed E-state index contributed by atoms with van der Waals surface area (Å²) in [5.74, 6) is -0.780. The maximum atomic E-state index is 12.8. The van der Waals surface area contributed by atoms with Gasteiger partial charge in [0.2, 0.25) is 0 Å². The Morgan fingerprint density at radius 2 is 2.16 bits per heavy atom. The van der Waals surface area contributed by atoms with Crippen molar-refractivity contribution in [2.24, 2.45) is 5.41 Å². The Bertz CT molecular complexity index is 449. The Morgan fingerprint density at radius 1 is 1.47 bits per heavy atom. The summed E-state index contributed by atoms with van der Waals surface area (Å²) in [6.45, 7) is 4.54. The molecule has 0 saturated heterocycles. The summed E-state index contributed by atoms with van der Waals surface area (Å²) in [6, 6.07) is 3.69. The molecule has 0 aliphatic carbocycles. The summed E-state index contributed by atoms with van der Waals surface area (Å²) in [7, 11) is 0. The van der Waals surface area contributed by atoms with E-state index in [1.165, 1.54) is 12.1 Å². The first-order valence-corrected chi connectivity index (χ1v) is 6.57. The van der Waals surface area contributed by atoms with Crippen LogP contribution in [0, 0.1) is 11.2 Å². The molecule has 106 valence electrons. The lowest BCUT2D eigenvalue weighted by atomic mass is 9.89. The van der Waals surface area contributed by atoms with E-state index in [0.717, 1.165) is 18.9 Å². The highest BCUT2D eigenvalue weighted by Gasteiger charge is 2.16. The Hall–Kier alpha value is -1.13. The molecule has 0 bridgehead atoms. The minimum absolute atomic E-state index is 0.105. The van der Waals surface area contributed by atoms with Gasteiger partial charge in [0.1, 0.15) is 5.82 Å². The average molecular weight is 288 g/mol. The first kappa shape index (κ1) is 15.9. The van der Waals surface area contributed by atoms with Crippen LogP contribution in [0.4, 0.5) is 4.39 Å². The number of rotatable bonds is 6. The number of nitrogens with one attached hydrogen (secondary N) is 1. The number of halogens is 2. The van der Waals surface area contributed by atoms with Gasteiger partial charge in [-0.1, -0.05) is 25.4 Å². The molecule has 1 aromatic rings. The number of benzene rings is 1. The highest BCUT2D eigenvalue weighted by molar-refractivity contribution is 6.33. The van der Waals surface area contributed by atoms with Crippen LogP contribution in [-0.4, -0.2) is 24.2 Å². The van der Waals surface area contributed by atoms with Crippen LogP contribution in [0.25, 0.3) is 0 Å². The van der Waals surface area contributed by atoms with Gasteiger partial charge in [0.05, 0.1) is 10.6 Å². The van der Waals surface area contributed by atoms with Gasteiger partial charge in [-0.05, 0) is 36.5 Å². The SMILES string of the molecule is CC(C)(CO)CCCNC(=O)c1ccc(F)cc1Cl. The molecule has 1 amide bonds. The second kappa shape index (κ2) is 6.87. The number of amides is 1. The quantitative estimate of drug-likeness (QED) is 0.790. The first-order chi connectivity index (χ1) is 8.85. The van der Waals surface area contributed by atoms with Gasteiger partial charge in [-0.3, -0.25) is 4.79 Å². The van der Waals surface area contributed by atoms with Crippen molar-refractivity contribution >= 4 is 17.5 Å². The fourth-order valence-electron chi connectivity index (χ4n) is 1.62. The molecule has 0 atom stereocenters. The minimum atomic E-state index is -0.466. The van der Waals surface area contributed by atoms with Gasteiger partial charge in [-0.2, -0.15) is 0 Å². The van der Waals surface area contributed by atoms with Crippen LogP contribution < -0.4 is 5.32 Å². The maximum absolute atomic E-state index is 12.8. The van der Waals surface area contributed by atoms with E-state index in [1.54, 1.807) is 0 Å². The second-order valence-corrected chi connectivity index (χ2v) is 5.71. The van der Waals surface area contributed by atoms with Crippen molar-refractivity contribution in [2.75, 3.05) is 13.2 Å². The van der Waals surface area contributed by atoms with Crippen LogP contribution in [0.1, 0.15) is 37.0 Å². The normalized spacial score (nSPS) is 11.4. The summed E-state index contributed by atoms with van der Waals surface area (Å²) in [5.41, 5.74) is 0.127. The van der Waals surface area contributed by atoms with Crippen molar-refractivity contribution in [2.45, 2.75) is 26.7 Å². The molecule has 1 aromatic carbocycles. The van der Waals surface area contributed by atoms with Crippen molar-refractivity contribution in [3.63, 3.8) is 0 Å². The Balaban J connectivity index is 2.44. The summed E-state index contributed by atoms with van der Waals surface area (Å²) < 4.78 is 12.8. The van der Waals surface area contributed by atoms with Crippen LogP contribution >= 0.6 is 11.6 Å². The van der Waals surface area contributed by atoms with E-state index in [0.29, 0.717) is 6.54 Å². The van der Waals surface area contributed by atoms with E-state index in [4.69, 9.17) is 16.7 Å². The fraction of sp³-hybridized carbons (Fsp3) is 0.500. The highest BCUT2D eigenvalue weighted by Crippen LogP contribution is 2.21. The molecule has 1 rings (SSSR count). The second-order valence-electron chi connectivity index (χ2n) is 5.31. The summed E-state index contributed by atoms with van der Waals surface area (Å²) in [6.07, 6.45) is 1.57. The summed E-state index contributed by atoms with van der Waals surface area (Å²) in [4.78, 5) is 11.8. The maximum Gasteiger partial charge on any atom is 0.252 e. The van der Waals surface area contributed by atoms with E-state index < -0.39 is 5.82 Å². The molecule has 2 N–H and O–H groups in total. The zero-order chi connectivity index (χ0) is 14.5. The fourth-order valence-corrected chi connectivity index (χ4v) is 1.87. The van der Waals surface area contributed by atoms with E-state index in [1.807, 2.05) is 13.8 Å². The van der Waals surface area contributed by atoms with Gasteiger partial charge in [0.15, 0.2) is 0 Å². The largest absolute Gasteiger partial charge is 0.396 e. The van der Waals surface area contributed by atoms with E-state index >= 15 is 0 Å². The smallest absolute Gasteiger partial charge is 0.252 e. The third kappa shape index (κ3) is 5.17. The average Bonchev–Trinajstić information content (AvgIpc) is 2.34. The van der Waals surface area contributed by atoms with Gasteiger partial charge in [0, 0.05) is 13.2 Å². The molecule has 0 fully saturated rings. The topological polar surface area (TPSA) is 49.3 Å². The molecule has 0 radical (unpaired) electrons. The van der Waals surface area contributed by atoms with Gasteiger partial charge >= 0.3 is 0 Å². The predicted molar refractivity (Wildman–Crippen MR) is 73.8 cm³/mol. The molecule has 0 spiro atoms. The Labute approximate surface area is 117 Å². The van der Waals surface area contributed by atoms with Crippen LogP contribution in [-0.2, 0) is 0 Å². The predicted octanol–water partition coefficient (Wildman–Crippen LogP) is 3.01. The van der Waals surface area contributed by atoms with Crippen molar-refractivity contribution in [1.82, 2.24) is 5.32 Å². The number of hydrogen-bond donors (Lipinski definition) is 2. The monoisotopic (exact) mass is 287 g/mol. The van der Waals surface area contributed by atoms with Crippen LogP contribution in [0.2, 0.25) is 5.02 Å². The number of hydrogen-bond acceptors (Lipinski definition) is 2. The zero-order valence-corrected chi connectivity index (χ0v) is 11.9. The summed E-state index contributed by atoms with van der Waals surface area (Å²) in [5, 5.41) is 11.9. The molecular weight excluding hydrogens is 269 g/mol. The van der Waals surface area contributed by atoms with Crippen molar-refractivity contribution in [3.05, 3.63) is 34.6 Å². The molecule has 0 saturated carbocycles. The summed E-state index contributed by atoms with van der Waals surface area (Å²) >= 11 is 5.80. The van der Waals surface area contributed by atoms with Gasteiger partial charge < -0.3 is 10.4 Å². The highest BCUT2D eigenvalue weighted by atomic mass is 35.5. The molecule has 0 unspecified atom stereocenters. The molecule has 19 heavy (non-hydrogen) atoms. The number of carbonyl (C=O) groups excluding carboxylic acids is 1. The van der Waals surface area contributed by atoms with Crippen LogP contribution in [0.15, 0.2) is 18.2 Å². The molecule has 3 nitrogen and oxygen atoms in total. The van der Waals surface area contributed by atoms with E-state index in [-0.39, 0.29) is 28.5 Å². The molecular formula is C14H19ClFNO2. The number of aliphatic hydroxyl groups is 1. The van der Waals surface area contributed by atoms with E-state index in [9.17, 15) is 9.18 Å². The lowest BCUT2D eigenvalue weighted by Gasteiger charge is -2.21. The molecule has 5 heteroatoms. The standard InChI is InChI=1S/C14H19ClFNO2/c1-14(2,9-18)6-3-7-17-13(19)11-5-4-10(16)8-12(11)15/h4-5,8,18H,3,6-7,9H2,1-2H3,(H,17,19). The molecule has 0 aliphatic heterocycles. The van der Waals surface area contributed by atoms with Crippen molar-refractivity contribution in [1.29, 1.82) is 0 Å². The third-order valence-electron chi connectivity index (χ3n) is 2.92. The third-order valence-corrected chi connectivity index (χ3v) is 3.23. The van der Waals surface area contributed by atoms with Gasteiger partial charge in [-0.15, -0.1) is 0 Å². The zero-order valence-electron chi connectivity index (χ0n) is 11.2. The van der Waals surface area contributed by atoms with Gasteiger partial charge in [-0.25, -0.2) is 4.39 Å². The van der Waals surface area contributed by atoms with Crippen molar-refractivity contribution < 1.29 is 14.3 Å². The molecule has 0 aliphatic rings. The lowest BCUT2D eigenvalue weighted by molar-refractivity contribution is 0.0948. The Morgan fingerprint density at radius 3 is 2.74 bits per heavy atom. The van der Waals surface area contributed by atoms with Crippen molar-refractivity contribution in [3.8, 4) is 0 Å². The Kier molecular flexibility index (Phi) is 5.76. The van der Waals surface area contributed by atoms with Crippen LogP contribution in [0.5, 0.6) is 0 Å². The molecule has 0 heterocycles.